The summed E-state index contributed by atoms with van der Waals surface area (Å²) in [7, 11) is 0. The van der Waals surface area contributed by atoms with Gasteiger partial charge in [-0.25, -0.2) is 0 Å². The molecule has 17 heavy (non-hydrogen) atoms. The molecule has 0 bridgehead atoms. The predicted octanol–water partition coefficient (Wildman–Crippen LogP) is -1.01. The number of carbonyl (C=O) groups is 3. The van der Waals surface area contributed by atoms with E-state index in [4.69, 9.17) is 5.73 Å². The largest absolute Gasteiger partial charge is 0.327 e. The normalized spacial score (nSPS) is 33.8. The lowest BCUT2D eigenvalue weighted by molar-refractivity contribution is -0.151. The van der Waals surface area contributed by atoms with Crippen LogP contribution in [0.5, 0.6) is 0 Å². The number of hydrogen-bond donors (Lipinski definition) is 2. The van der Waals surface area contributed by atoms with Gasteiger partial charge in [-0.2, -0.15) is 0 Å². The number of amides is 3. The first kappa shape index (κ1) is 12.0. The van der Waals surface area contributed by atoms with Gasteiger partial charge in [0.1, 0.15) is 12.6 Å². The van der Waals surface area contributed by atoms with Crippen LogP contribution in [0.4, 0.5) is 0 Å². The highest BCUT2D eigenvalue weighted by molar-refractivity contribution is 6.04. The Morgan fingerprint density at radius 2 is 2.12 bits per heavy atom. The van der Waals surface area contributed by atoms with E-state index < -0.39 is 17.9 Å². The van der Waals surface area contributed by atoms with Crippen molar-refractivity contribution in [3.8, 4) is 0 Å². The van der Waals surface area contributed by atoms with Crippen LogP contribution in [0.1, 0.15) is 26.2 Å². The molecule has 0 aromatic carbocycles. The first-order valence-electron chi connectivity index (χ1n) is 5.90. The van der Waals surface area contributed by atoms with Gasteiger partial charge in [0.25, 0.3) is 0 Å². The minimum Gasteiger partial charge on any atom is -0.327 e. The fourth-order valence-corrected chi connectivity index (χ4v) is 2.49. The van der Waals surface area contributed by atoms with Crippen LogP contribution in [-0.2, 0) is 14.4 Å². The molecule has 1 saturated carbocycles. The van der Waals surface area contributed by atoms with Gasteiger partial charge in [0.2, 0.25) is 17.7 Å². The average molecular weight is 239 g/mol. The molecule has 1 saturated heterocycles. The molecule has 1 aliphatic carbocycles. The summed E-state index contributed by atoms with van der Waals surface area (Å²) in [5, 5.41) is 2.21. The maximum Gasteiger partial charge on any atom is 0.249 e. The number of nitrogens with one attached hydrogen (secondary N) is 1. The van der Waals surface area contributed by atoms with E-state index in [2.05, 4.69) is 5.32 Å². The minimum atomic E-state index is -0.590. The lowest BCUT2D eigenvalue weighted by Crippen LogP contribution is -2.60. The maximum atomic E-state index is 12.2. The van der Waals surface area contributed by atoms with Crippen LogP contribution in [0, 0.1) is 5.92 Å². The fourth-order valence-electron chi connectivity index (χ4n) is 2.49. The van der Waals surface area contributed by atoms with Gasteiger partial charge < -0.3 is 10.6 Å². The van der Waals surface area contributed by atoms with Crippen molar-refractivity contribution in [3.63, 3.8) is 0 Å². The van der Waals surface area contributed by atoms with Crippen LogP contribution in [0.15, 0.2) is 0 Å². The summed E-state index contributed by atoms with van der Waals surface area (Å²) in [6, 6.07) is -0.734. The summed E-state index contributed by atoms with van der Waals surface area (Å²) in [5.74, 6) is -1.24. The molecule has 3 amide bonds. The molecule has 6 heteroatoms. The topological polar surface area (TPSA) is 92.5 Å². The summed E-state index contributed by atoms with van der Waals surface area (Å²) in [4.78, 5) is 36.3. The van der Waals surface area contributed by atoms with E-state index in [0.717, 1.165) is 19.3 Å². The number of carbonyl (C=O) groups excluding carboxylic acids is 3. The summed E-state index contributed by atoms with van der Waals surface area (Å²) >= 11 is 0. The molecule has 1 aliphatic heterocycles. The van der Waals surface area contributed by atoms with Gasteiger partial charge in [-0.3, -0.25) is 19.7 Å². The molecule has 0 spiro atoms. The van der Waals surface area contributed by atoms with E-state index in [1.165, 1.54) is 4.90 Å². The first-order chi connectivity index (χ1) is 8.00. The summed E-state index contributed by atoms with van der Waals surface area (Å²) in [5.41, 5.74) is 5.87. The zero-order chi connectivity index (χ0) is 12.6. The Morgan fingerprint density at radius 1 is 1.41 bits per heavy atom. The zero-order valence-corrected chi connectivity index (χ0v) is 9.81. The average Bonchev–Trinajstić information content (AvgIpc) is 2.69. The lowest BCUT2D eigenvalue weighted by Gasteiger charge is -2.34. The predicted molar refractivity (Wildman–Crippen MR) is 59.6 cm³/mol. The summed E-state index contributed by atoms with van der Waals surface area (Å²) in [6.45, 7) is 1.58. The second-order valence-electron chi connectivity index (χ2n) is 4.76. The van der Waals surface area contributed by atoms with Gasteiger partial charge >= 0.3 is 0 Å². The smallest absolute Gasteiger partial charge is 0.249 e. The minimum absolute atomic E-state index is 0.0467. The monoisotopic (exact) mass is 239 g/mol. The van der Waals surface area contributed by atoms with Gasteiger partial charge in [0.15, 0.2) is 0 Å². The molecule has 3 atom stereocenters. The Labute approximate surface area is 99.5 Å². The van der Waals surface area contributed by atoms with Crippen LogP contribution in [-0.4, -0.2) is 41.2 Å². The molecule has 0 aromatic heterocycles. The van der Waals surface area contributed by atoms with Crippen molar-refractivity contribution in [2.45, 2.75) is 38.3 Å². The highest BCUT2D eigenvalue weighted by Crippen LogP contribution is 2.26. The van der Waals surface area contributed by atoms with Crippen LogP contribution >= 0.6 is 0 Å². The Hall–Kier alpha value is -1.43. The highest BCUT2D eigenvalue weighted by atomic mass is 16.2. The van der Waals surface area contributed by atoms with Crippen LogP contribution < -0.4 is 11.1 Å². The summed E-state index contributed by atoms with van der Waals surface area (Å²) < 4.78 is 0. The molecule has 6 nitrogen and oxygen atoms in total. The number of nitrogens with two attached hydrogens (primary N) is 1. The highest BCUT2D eigenvalue weighted by Gasteiger charge is 2.39. The van der Waals surface area contributed by atoms with E-state index in [1.807, 2.05) is 0 Å². The van der Waals surface area contributed by atoms with Crippen molar-refractivity contribution in [1.82, 2.24) is 10.2 Å². The third kappa shape index (κ3) is 2.17. The number of piperazine rings is 1. The Bertz CT molecular complexity index is 369. The number of nitrogens with zero attached hydrogens (tertiary/aromatic N) is 1. The van der Waals surface area contributed by atoms with Crippen LogP contribution in [0.25, 0.3) is 0 Å². The molecule has 3 unspecified atom stereocenters. The summed E-state index contributed by atoms with van der Waals surface area (Å²) in [6.07, 6.45) is 2.51. The fraction of sp³-hybridized carbons (Fsp3) is 0.727. The second-order valence-corrected chi connectivity index (χ2v) is 4.76. The molecule has 1 heterocycles. The van der Waals surface area contributed by atoms with Crippen LogP contribution in [0.2, 0.25) is 0 Å². The Morgan fingerprint density at radius 3 is 2.71 bits per heavy atom. The van der Waals surface area contributed by atoms with E-state index in [1.54, 1.807) is 6.92 Å². The number of rotatable bonds is 1. The number of hydrogen-bond acceptors (Lipinski definition) is 4. The SMILES string of the molecule is CC1C(=O)NC(=O)CN1C(=O)C1CCCC1N. The maximum absolute atomic E-state index is 12.2. The zero-order valence-electron chi connectivity index (χ0n) is 9.81. The third-order valence-electron chi connectivity index (χ3n) is 3.59. The van der Waals surface area contributed by atoms with E-state index in [9.17, 15) is 14.4 Å². The van der Waals surface area contributed by atoms with Gasteiger partial charge in [-0.1, -0.05) is 6.42 Å². The molecular weight excluding hydrogens is 222 g/mol. The standard InChI is InChI=1S/C11H17N3O3/c1-6-10(16)13-9(15)5-14(6)11(17)7-3-2-4-8(7)12/h6-8H,2-5,12H2,1H3,(H,13,15,16). The molecule has 3 N–H and O–H groups in total. The second kappa shape index (κ2) is 4.44. The van der Waals surface area contributed by atoms with Crippen molar-refractivity contribution in [3.05, 3.63) is 0 Å². The van der Waals surface area contributed by atoms with E-state index in [-0.39, 0.29) is 24.4 Å². The lowest BCUT2D eigenvalue weighted by atomic mass is 10.0. The van der Waals surface area contributed by atoms with E-state index >= 15 is 0 Å². The molecule has 0 aromatic rings. The van der Waals surface area contributed by atoms with Crippen molar-refractivity contribution < 1.29 is 14.4 Å². The Balaban J connectivity index is 2.12. The van der Waals surface area contributed by atoms with Crippen molar-refractivity contribution in [1.29, 1.82) is 0 Å². The van der Waals surface area contributed by atoms with Gasteiger partial charge in [0, 0.05) is 6.04 Å². The van der Waals surface area contributed by atoms with Crippen LogP contribution in [0.3, 0.4) is 0 Å². The van der Waals surface area contributed by atoms with Crippen molar-refractivity contribution >= 4 is 17.7 Å². The molecule has 94 valence electrons. The third-order valence-corrected chi connectivity index (χ3v) is 3.59. The van der Waals surface area contributed by atoms with Gasteiger partial charge in [-0.15, -0.1) is 0 Å². The van der Waals surface area contributed by atoms with Crippen molar-refractivity contribution in [2.24, 2.45) is 11.7 Å². The number of imide groups is 1. The molecule has 2 rings (SSSR count). The Kier molecular flexibility index (Phi) is 3.15. The van der Waals surface area contributed by atoms with Crippen molar-refractivity contribution in [2.75, 3.05) is 6.54 Å². The quantitative estimate of drug-likeness (QED) is 0.573. The van der Waals surface area contributed by atoms with E-state index in [0.29, 0.717) is 0 Å². The van der Waals surface area contributed by atoms with Gasteiger partial charge in [-0.05, 0) is 19.8 Å². The van der Waals surface area contributed by atoms with Gasteiger partial charge in [0.05, 0.1) is 5.92 Å². The first-order valence-corrected chi connectivity index (χ1v) is 5.90. The molecule has 2 fully saturated rings. The molecule has 0 radical (unpaired) electrons. The molecule has 2 aliphatic rings. The molecular formula is C11H17N3O3.